The summed E-state index contributed by atoms with van der Waals surface area (Å²) in [6.45, 7) is 4.08. The molecule has 4 heteroatoms. The Morgan fingerprint density at radius 2 is 1.74 bits per heavy atom. The zero-order valence-corrected chi connectivity index (χ0v) is 12.9. The van der Waals surface area contributed by atoms with Gasteiger partial charge in [-0.3, -0.25) is 0 Å². The van der Waals surface area contributed by atoms with Crippen molar-refractivity contribution in [3.05, 3.63) is 30.3 Å². The van der Waals surface area contributed by atoms with E-state index < -0.39 is 15.8 Å². The average molecular weight is 283 g/mol. The molecule has 0 aromatic heterocycles. The average Bonchev–Trinajstić information content (AvgIpc) is 2.45. The minimum Gasteiger partial charge on any atom is -0.392 e. The fourth-order valence-corrected chi connectivity index (χ4v) is 4.86. The van der Waals surface area contributed by atoms with Crippen molar-refractivity contribution in [3.63, 3.8) is 0 Å². The van der Waals surface area contributed by atoms with Crippen LogP contribution in [0, 0.1) is 0 Å². The molecule has 1 N–H and O–H groups in total. The lowest BCUT2D eigenvalue weighted by molar-refractivity contribution is 0.154. The maximum atomic E-state index is 13.2. The van der Waals surface area contributed by atoms with Gasteiger partial charge in [0.2, 0.25) is 0 Å². The number of aliphatic hydroxyl groups excluding tert-OH is 1. The zero-order chi connectivity index (χ0) is 14.3. The minimum absolute atomic E-state index is 0.287. The van der Waals surface area contributed by atoms with Gasteiger partial charge in [-0.2, -0.15) is 0 Å². The quantitative estimate of drug-likeness (QED) is 0.833. The molecule has 0 spiro atoms. The molecule has 1 aromatic carbocycles. The first-order valence-electron chi connectivity index (χ1n) is 6.97. The Bertz CT molecular complexity index is 478. The first-order chi connectivity index (χ1) is 9.10. The van der Waals surface area contributed by atoms with Crippen molar-refractivity contribution in [3.8, 4) is 0 Å². The van der Waals surface area contributed by atoms with Gasteiger partial charge in [-0.05, 0) is 25.0 Å². The van der Waals surface area contributed by atoms with Gasteiger partial charge in [0.25, 0.3) is 0 Å². The van der Waals surface area contributed by atoms with E-state index in [2.05, 4.69) is 4.36 Å². The van der Waals surface area contributed by atoms with Crippen LogP contribution in [0.15, 0.2) is 39.6 Å². The third kappa shape index (κ3) is 3.80. The molecule has 0 saturated heterocycles. The van der Waals surface area contributed by atoms with Crippen LogP contribution in [0.25, 0.3) is 0 Å². The van der Waals surface area contributed by atoms with Gasteiger partial charge in [-0.1, -0.05) is 44.9 Å². The monoisotopic (exact) mass is 283 g/mol. The van der Waals surface area contributed by atoms with Gasteiger partial charge < -0.3 is 5.11 Å². The Hall–Kier alpha value is -0.870. The van der Waals surface area contributed by atoms with Crippen molar-refractivity contribution in [1.29, 1.82) is 0 Å². The molecular formula is C15H25NO2S. The SMILES string of the molecule is CCC[C@@H](O)[C@H](CCC)S(=O)(=NC)c1ccccc1. The van der Waals surface area contributed by atoms with E-state index in [-0.39, 0.29) is 5.25 Å². The molecule has 0 fully saturated rings. The molecule has 19 heavy (non-hydrogen) atoms. The molecule has 0 aliphatic rings. The molecule has 0 aliphatic carbocycles. The van der Waals surface area contributed by atoms with Gasteiger partial charge in [0, 0.05) is 11.9 Å². The summed E-state index contributed by atoms with van der Waals surface area (Å²) in [4.78, 5) is 0.728. The Kier molecular flexibility index (Phi) is 6.52. The molecule has 108 valence electrons. The third-order valence-corrected chi connectivity index (χ3v) is 6.21. The lowest BCUT2D eigenvalue weighted by Crippen LogP contribution is -2.34. The lowest BCUT2D eigenvalue weighted by atomic mass is 10.1. The first-order valence-corrected chi connectivity index (χ1v) is 8.55. The van der Waals surface area contributed by atoms with E-state index in [1.165, 1.54) is 0 Å². The van der Waals surface area contributed by atoms with E-state index in [9.17, 15) is 9.32 Å². The highest BCUT2D eigenvalue weighted by atomic mass is 32.2. The standard InChI is InChI=1S/C15H25NO2S/c1-4-9-14(17)15(10-5-2)19(18,16-3)13-11-7-6-8-12-13/h6-8,11-12,14-15,17H,4-5,9-10H2,1-3H3/t14-,15+,19?/m1/s1. The summed E-state index contributed by atoms with van der Waals surface area (Å²) in [6, 6.07) is 9.33. The van der Waals surface area contributed by atoms with Crippen LogP contribution in [0.3, 0.4) is 0 Å². The molecule has 1 rings (SSSR count). The normalized spacial score (nSPS) is 17.5. The summed E-state index contributed by atoms with van der Waals surface area (Å²) >= 11 is 0. The molecular weight excluding hydrogens is 258 g/mol. The van der Waals surface area contributed by atoms with Crippen LogP contribution in [0.2, 0.25) is 0 Å². The summed E-state index contributed by atoms with van der Waals surface area (Å²) < 4.78 is 17.4. The van der Waals surface area contributed by atoms with Gasteiger partial charge in [0.15, 0.2) is 0 Å². The van der Waals surface area contributed by atoms with Crippen LogP contribution in [-0.4, -0.2) is 27.7 Å². The first kappa shape index (κ1) is 16.2. The predicted octanol–water partition coefficient (Wildman–Crippen LogP) is 3.47. The molecule has 0 saturated carbocycles. The summed E-state index contributed by atoms with van der Waals surface area (Å²) in [7, 11) is -0.961. The van der Waals surface area contributed by atoms with Crippen LogP contribution in [-0.2, 0) is 9.73 Å². The number of benzene rings is 1. The molecule has 3 nitrogen and oxygen atoms in total. The second-order valence-electron chi connectivity index (χ2n) is 4.75. The molecule has 3 atom stereocenters. The Morgan fingerprint density at radius 1 is 1.16 bits per heavy atom. The molecule has 1 unspecified atom stereocenters. The van der Waals surface area contributed by atoms with Crippen molar-refractivity contribution in [2.75, 3.05) is 7.05 Å². The highest BCUT2D eigenvalue weighted by molar-refractivity contribution is 7.94. The maximum absolute atomic E-state index is 13.2. The van der Waals surface area contributed by atoms with Crippen molar-refractivity contribution in [2.45, 2.75) is 55.8 Å². The number of nitrogens with zero attached hydrogens (tertiary/aromatic N) is 1. The van der Waals surface area contributed by atoms with E-state index >= 15 is 0 Å². The lowest BCUT2D eigenvalue weighted by Gasteiger charge is -2.26. The van der Waals surface area contributed by atoms with Crippen molar-refractivity contribution in [2.24, 2.45) is 4.36 Å². The smallest absolute Gasteiger partial charge is 0.0804 e. The fraction of sp³-hybridized carbons (Fsp3) is 0.600. The third-order valence-electron chi connectivity index (χ3n) is 3.35. The number of aliphatic hydroxyl groups is 1. The van der Waals surface area contributed by atoms with Gasteiger partial charge in [0.1, 0.15) is 0 Å². The number of hydrogen-bond acceptors (Lipinski definition) is 3. The topological polar surface area (TPSA) is 49.7 Å². The molecule has 1 aromatic rings. The van der Waals surface area contributed by atoms with E-state index in [0.29, 0.717) is 6.42 Å². The molecule has 0 heterocycles. The molecule has 0 amide bonds. The minimum atomic E-state index is -2.56. The number of hydrogen-bond donors (Lipinski definition) is 1. The summed E-state index contributed by atoms with van der Waals surface area (Å²) in [5, 5.41) is 10.0. The van der Waals surface area contributed by atoms with E-state index in [4.69, 9.17) is 0 Å². The largest absolute Gasteiger partial charge is 0.392 e. The zero-order valence-electron chi connectivity index (χ0n) is 12.1. The summed E-state index contributed by atoms with van der Waals surface area (Å²) in [5.41, 5.74) is 0. The van der Waals surface area contributed by atoms with E-state index in [1.807, 2.05) is 44.2 Å². The van der Waals surface area contributed by atoms with E-state index in [1.54, 1.807) is 7.05 Å². The van der Waals surface area contributed by atoms with Crippen LogP contribution in [0.5, 0.6) is 0 Å². The number of rotatable bonds is 7. The van der Waals surface area contributed by atoms with Crippen molar-refractivity contribution < 1.29 is 9.32 Å². The fourth-order valence-electron chi connectivity index (χ4n) is 2.36. The van der Waals surface area contributed by atoms with Crippen LogP contribution in [0.1, 0.15) is 39.5 Å². The van der Waals surface area contributed by atoms with Gasteiger partial charge in [-0.15, -0.1) is 0 Å². The molecule has 0 radical (unpaired) electrons. The molecule has 0 bridgehead atoms. The van der Waals surface area contributed by atoms with Gasteiger partial charge in [-0.25, -0.2) is 8.57 Å². The van der Waals surface area contributed by atoms with Crippen molar-refractivity contribution >= 4 is 9.73 Å². The highest BCUT2D eigenvalue weighted by Crippen LogP contribution is 2.26. The Morgan fingerprint density at radius 3 is 2.21 bits per heavy atom. The van der Waals surface area contributed by atoms with Gasteiger partial charge >= 0.3 is 0 Å². The molecule has 0 aliphatic heterocycles. The van der Waals surface area contributed by atoms with Crippen LogP contribution < -0.4 is 0 Å². The highest BCUT2D eigenvalue weighted by Gasteiger charge is 2.30. The van der Waals surface area contributed by atoms with Crippen LogP contribution >= 0.6 is 0 Å². The Balaban J connectivity index is 3.20. The van der Waals surface area contributed by atoms with Crippen molar-refractivity contribution in [1.82, 2.24) is 0 Å². The second-order valence-corrected chi connectivity index (χ2v) is 7.33. The summed E-state index contributed by atoms with van der Waals surface area (Å²) in [5.74, 6) is 0. The van der Waals surface area contributed by atoms with E-state index in [0.717, 1.165) is 24.2 Å². The van der Waals surface area contributed by atoms with Crippen LogP contribution in [0.4, 0.5) is 0 Å². The summed E-state index contributed by atoms with van der Waals surface area (Å²) in [6.07, 6.45) is 2.62. The second kappa shape index (κ2) is 7.65. The Labute approximate surface area is 117 Å². The van der Waals surface area contributed by atoms with Gasteiger partial charge in [0.05, 0.1) is 21.1 Å². The maximum Gasteiger partial charge on any atom is 0.0804 e. The predicted molar refractivity (Wildman–Crippen MR) is 80.8 cm³/mol.